The Balaban J connectivity index is 1.45. The summed E-state index contributed by atoms with van der Waals surface area (Å²) in [5, 5.41) is 7.75. The number of nitrogens with one attached hydrogen (secondary N) is 1. The molecular formula is C21H25BrN4O3. The first kappa shape index (κ1) is 18.9. The van der Waals surface area contributed by atoms with Crippen LogP contribution in [0, 0.1) is 17.3 Å². The smallest absolute Gasteiger partial charge is 0.230 e. The standard InChI is InChI=1S/C21H25BrN4O3/c1-28-15-3-4-16(17(6-15)29-2)24-18(27)20-7-13-5-14(8-20)10-21(9-13,11-20)26-12-23-19(22)25-26/h3-4,6,12-14H,5,7-11H2,1-2H3,(H,24,27)/t13-,14-,20?,21?/m1/s1. The van der Waals surface area contributed by atoms with Crippen molar-refractivity contribution in [2.75, 3.05) is 19.5 Å². The molecule has 1 amide bonds. The van der Waals surface area contributed by atoms with Crippen molar-refractivity contribution in [3.05, 3.63) is 29.3 Å². The van der Waals surface area contributed by atoms with Crippen molar-refractivity contribution in [1.82, 2.24) is 14.8 Å². The van der Waals surface area contributed by atoms with Crippen molar-refractivity contribution in [3.63, 3.8) is 0 Å². The molecular weight excluding hydrogens is 436 g/mol. The van der Waals surface area contributed by atoms with Gasteiger partial charge in [-0.15, -0.1) is 5.10 Å². The van der Waals surface area contributed by atoms with Gasteiger partial charge in [0.1, 0.15) is 17.8 Å². The van der Waals surface area contributed by atoms with Crippen molar-refractivity contribution >= 4 is 27.5 Å². The highest BCUT2D eigenvalue weighted by atomic mass is 79.9. The summed E-state index contributed by atoms with van der Waals surface area (Å²) in [5.74, 6) is 2.52. The largest absolute Gasteiger partial charge is 0.497 e. The van der Waals surface area contributed by atoms with Crippen LogP contribution in [-0.2, 0) is 10.3 Å². The number of rotatable bonds is 5. The fourth-order valence-corrected chi connectivity index (χ4v) is 6.64. The summed E-state index contributed by atoms with van der Waals surface area (Å²) in [6.45, 7) is 0. The minimum atomic E-state index is -0.368. The molecule has 1 aromatic heterocycles. The van der Waals surface area contributed by atoms with E-state index < -0.39 is 0 Å². The molecule has 1 N–H and O–H groups in total. The van der Waals surface area contributed by atoms with Crippen LogP contribution in [0.4, 0.5) is 5.69 Å². The fraction of sp³-hybridized carbons (Fsp3) is 0.571. The molecule has 2 atom stereocenters. The first-order chi connectivity index (χ1) is 13.9. The molecule has 0 unspecified atom stereocenters. The lowest BCUT2D eigenvalue weighted by Crippen LogP contribution is -2.60. The number of methoxy groups -OCH3 is 2. The average molecular weight is 461 g/mol. The second kappa shape index (κ2) is 6.72. The molecule has 29 heavy (non-hydrogen) atoms. The molecule has 4 aliphatic carbocycles. The normalized spacial score (nSPS) is 32.2. The van der Waals surface area contributed by atoms with Gasteiger partial charge in [-0.25, -0.2) is 9.67 Å². The fourth-order valence-electron chi connectivity index (χ4n) is 6.38. The van der Waals surface area contributed by atoms with E-state index in [1.807, 2.05) is 23.1 Å². The van der Waals surface area contributed by atoms with Gasteiger partial charge in [0.25, 0.3) is 0 Å². The van der Waals surface area contributed by atoms with E-state index >= 15 is 0 Å². The monoisotopic (exact) mass is 460 g/mol. The van der Waals surface area contributed by atoms with Gasteiger partial charge in [-0.3, -0.25) is 4.79 Å². The van der Waals surface area contributed by atoms with Gasteiger partial charge < -0.3 is 14.8 Å². The molecule has 0 radical (unpaired) electrons. The van der Waals surface area contributed by atoms with Crippen molar-refractivity contribution in [3.8, 4) is 11.5 Å². The molecule has 2 aromatic rings. The summed E-state index contributed by atoms with van der Waals surface area (Å²) in [7, 11) is 3.22. The number of hydrogen-bond acceptors (Lipinski definition) is 5. The van der Waals surface area contributed by atoms with Gasteiger partial charge in [-0.05, 0) is 78.4 Å². The summed E-state index contributed by atoms with van der Waals surface area (Å²) in [6, 6.07) is 5.48. The molecule has 8 heteroatoms. The Labute approximate surface area is 178 Å². The van der Waals surface area contributed by atoms with Crippen LogP contribution >= 0.6 is 15.9 Å². The van der Waals surface area contributed by atoms with Crippen LogP contribution in [0.2, 0.25) is 0 Å². The van der Waals surface area contributed by atoms with Crippen LogP contribution in [0.15, 0.2) is 29.3 Å². The summed E-state index contributed by atoms with van der Waals surface area (Å²) in [6.07, 6.45) is 7.91. The lowest BCUT2D eigenvalue weighted by atomic mass is 9.46. The third-order valence-corrected chi connectivity index (χ3v) is 7.48. The number of carbonyl (C=O) groups is 1. The highest BCUT2D eigenvalue weighted by Gasteiger charge is 2.61. The zero-order valence-electron chi connectivity index (χ0n) is 16.7. The van der Waals surface area contributed by atoms with E-state index in [0.717, 1.165) is 32.1 Å². The Kier molecular flexibility index (Phi) is 4.38. The second-order valence-electron chi connectivity index (χ2n) is 8.94. The molecule has 1 heterocycles. The van der Waals surface area contributed by atoms with E-state index in [-0.39, 0.29) is 16.9 Å². The molecule has 4 aliphatic rings. The number of nitrogens with zero attached hydrogens (tertiary/aromatic N) is 3. The van der Waals surface area contributed by atoms with Crippen LogP contribution in [-0.4, -0.2) is 34.9 Å². The maximum Gasteiger partial charge on any atom is 0.230 e. The predicted molar refractivity (Wildman–Crippen MR) is 111 cm³/mol. The lowest BCUT2D eigenvalue weighted by Gasteiger charge is -2.60. The molecule has 0 saturated heterocycles. The van der Waals surface area contributed by atoms with Crippen molar-refractivity contribution < 1.29 is 14.3 Å². The van der Waals surface area contributed by atoms with Gasteiger partial charge in [0.15, 0.2) is 0 Å². The van der Waals surface area contributed by atoms with Crippen LogP contribution in [0.3, 0.4) is 0 Å². The minimum Gasteiger partial charge on any atom is -0.497 e. The third kappa shape index (κ3) is 3.03. The van der Waals surface area contributed by atoms with Gasteiger partial charge >= 0.3 is 0 Å². The number of carbonyl (C=O) groups excluding carboxylic acids is 1. The molecule has 4 saturated carbocycles. The van der Waals surface area contributed by atoms with E-state index in [0.29, 0.717) is 33.8 Å². The topological polar surface area (TPSA) is 78.3 Å². The van der Waals surface area contributed by atoms with E-state index in [1.165, 1.54) is 6.42 Å². The van der Waals surface area contributed by atoms with E-state index in [9.17, 15) is 4.79 Å². The zero-order valence-corrected chi connectivity index (χ0v) is 18.2. The van der Waals surface area contributed by atoms with Gasteiger partial charge in [-0.2, -0.15) is 0 Å². The van der Waals surface area contributed by atoms with E-state index in [4.69, 9.17) is 9.47 Å². The predicted octanol–water partition coefficient (Wildman–Crippen LogP) is 3.99. The maximum absolute atomic E-state index is 13.6. The summed E-state index contributed by atoms with van der Waals surface area (Å²) in [4.78, 5) is 17.9. The summed E-state index contributed by atoms with van der Waals surface area (Å²) in [5.41, 5.74) is 0.212. The Morgan fingerprint density at radius 1 is 1.21 bits per heavy atom. The van der Waals surface area contributed by atoms with Crippen molar-refractivity contribution in [1.29, 1.82) is 0 Å². The average Bonchev–Trinajstić information content (AvgIpc) is 3.14. The quantitative estimate of drug-likeness (QED) is 0.729. The highest BCUT2D eigenvalue weighted by Crippen LogP contribution is 2.64. The molecule has 0 spiro atoms. The van der Waals surface area contributed by atoms with Gasteiger partial charge in [0.05, 0.1) is 30.9 Å². The Bertz CT molecular complexity index is 945. The van der Waals surface area contributed by atoms with Crippen LogP contribution in [0.25, 0.3) is 0 Å². The van der Waals surface area contributed by atoms with E-state index in [1.54, 1.807) is 20.3 Å². The number of hydrogen-bond donors (Lipinski definition) is 1. The number of amides is 1. The van der Waals surface area contributed by atoms with Crippen LogP contribution in [0.1, 0.15) is 38.5 Å². The van der Waals surface area contributed by atoms with Crippen LogP contribution in [0.5, 0.6) is 11.5 Å². The first-order valence-corrected chi connectivity index (χ1v) is 10.9. The minimum absolute atomic E-state index is 0.0959. The van der Waals surface area contributed by atoms with Gasteiger partial charge in [0.2, 0.25) is 10.6 Å². The van der Waals surface area contributed by atoms with Crippen LogP contribution < -0.4 is 14.8 Å². The molecule has 6 rings (SSSR count). The number of benzene rings is 1. The molecule has 0 aliphatic heterocycles. The first-order valence-electron chi connectivity index (χ1n) is 10.1. The lowest BCUT2D eigenvalue weighted by molar-refractivity contribution is -0.150. The Morgan fingerprint density at radius 2 is 1.97 bits per heavy atom. The number of halogens is 1. The highest BCUT2D eigenvalue weighted by molar-refractivity contribution is 9.10. The third-order valence-electron chi connectivity index (χ3n) is 7.12. The zero-order chi connectivity index (χ0) is 20.2. The van der Waals surface area contributed by atoms with Gasteiger partial charge in [-0.1, -0.05) is 0 Å². The number of anilines is 1. The summed E-state index contributed by atoms with van der Waals surface area (Å²) >= 11 is 3.38. The molecule has 1 aromatic carbocycles. The maximum atomic E-state index is 13.6. The molecule has 7 nitrogen and oxygen atoms in total. The van der Waals surface area contributed by atoms with Crippen molar-refractivity contribution in [2.24, 2.45) is 17.3 Å². The number of aromatic nitrogens is 3. The Hall–Kier alpha value is -2.09. The summed E-state index contributed by atoms with van der Waals surface area (Å²) < 4.78 is 13.4. The SMILES string of the molecule is COc1ccc(NC(=O)C23C[C@H]4C[C@H](C2)CC(n2cnc(Br)n2)(C4)C3)c(OC)c1. The van der Waals surface area contributed by atoms with Gasteiger partial charge in [0, 0.05) is 6.07 Å². The number of ether oxygens (including phenoxy) is 2. The van der Waals surface area contributed by atoms with E-state index in [2.05, 4.69) is 31.3 Å². The molecule has 4 bridgehead atoms. The van der Waals surface area contributed by atoms with Crippen molar-refractivity contribution in [2.45, 2.75) is 44.1 Å². The Morgan fingerprint density at radius 3 is 2.59 bits per heavy atom. The second-order valence-corrected chi connectivity index (χ2v) is 9.65. The molecule has 154 valence electrons. The molecule has 4 fully saturated rings.